The Morgan fingerprint density at radius 1 is 0.586 bits per heavy atom. The summed E-state index contributed by atoms with van der Waals surface area (Å²) in [6, 6.07) is 31.9. The number of para-hydroxylation sites is 1. The smallest absolute Gasteiger partial charge is 0.135 e. The monoisotopic (exact) mass is 390 g/mol. The highest BCUT2D eigenvalue weighted by atomic mass is 35.5. The molecule has 5 aromatic rings. The van der Waals surface area contributed by atoms with Crippen molar-refractivity contribution in [2.75, 3.05) is 0 Å². The van der Waals surface area contributed by atoms with Gasteiger partial charge in [0.2, 0.25) is 0 Å². The molecule has 1 spiro atoms. The van der Waals surface area contributed by atoms with E-state index < -0.39 is 5.41 Å². The van der Waals surface area contributed by atoms with Gasteiger partial charge in [0.15, 0.2) is 0 Å². The number of hydrogen-bond donors (Lipinski definition) is 0. The Labute approximate surface area is 173 Å². The second-order valence-corrected chi connectivity index (χ2v) is 8.21. The van der Waals surface area contributed by atoms with Crippen molar-refractivity contribution in [2.45, 2.75) is 5.41 Å². The van der Waals surface area contributed by atoms with E-state index in [0.717, 1.165) is 32.9 Å². The molecule has 4 aromatic carbocycles. The van der Waals surface area contributed by atoms with Crippen molar-refractivity contribution < 1.29 is 4.42 Å². The van der Waals surface area contributed by atoms with Crippen molar-refractivity contribution in [3.63, 3.8) is 0 Å². The topological polar surface area (TPSA) is 13.1 Å². The van der Waals surface area contributed by atoms with Gasteiger partial charge in [-0.2, -0.15) is 0 Å². The molecule has 1 nitrogen and oxygen atoms in total. The number of rotatable bonds is 0. The van der Waals surface area contributed by atoms with Crippen LogP contribution in [0.2, 0.25) is 5.02 Å². The predicted octanol–water partition coefficient (Wildman–Crippen LogP) is 7.43. The molecule has 136 valence electrons. The highest BCUT2D eigenvalue weighted by Crippen LogP contribution is 2.65. The van der Waals surface area contributed by atoms with E-state index in [0.29, 0.717) is 0 Å². The summed E-state index contributed by atoms with van der Waals surface area (Å²) in [6.07, 6.45) is 0. The lowest BCUT2D eigenvalue weighted by Crippen LogP contribution is -2.25. The molecular formula is C27H15ClO. The van der Waals surface area contributed by atoms with Gasteiger partial charge in [0.05, 0.1) is 0 Å². The molecule has 0 bridgehead atoms. The molecule has 2 heteroatoms. The summed E-state index contributed by atoms with van der Waals surface area (Å²) in [5.41, 5.74) is 8.94. The maximum absolute atomic E-state index is 6.83. The van der Waals surface area contributed by atoms with E-state index in [-0.39, 0.29) is 0 Å². The van der Waals surface area contributed by atoms with E-state index in [4.69, 9.17) is 16.0 Å². The van der Waals surface area contributed by atoms with Gasteiger partial charge in [-0.25, -0.2) is 0 Å². The van der Waals surface area contributed by atoms with Crippen LogP contribution < -0.4 is 0 Å². The van der Waals surface area contributed by atoms with E-state index in [9.17, 15) is 0 Å². The molecule has 29 heavy (non-hydrogen) atoms. The lowest BCUT2D eigenvalue weighted by atomic mass is 9.73. The first-order valence-electron chi connectivity index (χ1n) is 9.82. The quantitative estimate of drug-likeness (QED) is 0.262. The molecule has 0 radical (unpaired) electrons. The molecule has 0 fully saturated rings. The maximum atomic E-state index is 6.83. The van der Waals surface area contributed by atoms with Crippen molar-refractivity contribution in [1.82, 2.24) is 0 Å². The first kappa shape index (κ1) is 15.6. The van der Waals surface area contributed by atoms with Gasteiger partial charge in [-0.1, -0.05) is 90.5 Å². The number of furan rings is 1. The van der Waals surface area contributed by atoms with Crippen LogP contribution >= 0.6 is 11.6 Å². The first-order valence-corrected chi connectivity index (χ1v) is 10.2. The second kappa shape index (κ2) is 5.20. The van der Waals surface area contributed by atoms with Crippen LogP contribution in [0, 0.1) is 0 Å². The van der Waals surface area contributed by atoms with Crippen LogP contribution in [0.5, 0.6) is 0 Å². The Balaban J connectivity index is 1.78. The van der Waals surface area contributed by atoms with E-state index in [2.05, 4.69) is 72.8 Å². The van der Waals surface area contributed by atoms with E-state index in [1.165, 1.54) is 27.8 Å². The minimum absolute atomic E-state index is 0.470. The molecule has 2 aliphatic carbocycles. The lowest BCUT2D eigenvalue weighted by Gasteiger charge is -2.28. The van der Waals surface area contributed by atoms with Gasteiger partial charge in [-0.05, 0) is 39.9 Å². The molecule has 0 N–H and O–H groups in total. The summed E-state index contributed by atoms with van der Waals surface area (Å²) in [7, 11) is 0. The van der Waals surface area contributed by atoms with Gasteiger partial charge in [-0.15, -0.1) is 0 Å². The molecule has 0 unspecified atom stereocenters. The number of fused-ring (bicyclic) bond motifs is 12. The third-order valence-electron chi connectivity index (χ3n) is 6.56. The fourth-order valence-corrected chi connectivity index (χ4v) is 5.81. The number of benzene rings is 4. The van der Waals surface area contributed by atoms with Crippen LogP contribution in [0.15, 0.2) is 95.4 Å². The molecule has 0 saturated heterocycles. The Morgan fingerprint density at radius 2 is 1.21 bits per heavy atom. The van der Waals surface area contributed by atoms with Crippen LogP contribution in [0.25, 0.3) is 33.2 Å². The molecule has 0 aliphatic heterocycles. The van der Waals surface area contributed by atoms with Crippen LogP contribution in [-0.4, -0.2) is 0 Å². The minimum Gasteiger partial charge on any atom is -0.459 e. The third kappa shape index (κ3) is 1.66. The molecular weight excluding hydrogens is 376 g/mol. The van der Waals surface area contributed by atoms with Crippen molar-refractivity contribution in [2.24, 2.45) is 0 Å². The molecule has 0 atom stereocenters. The Morgan fingerprint density at radius 3 is 1.97 bits per heavy atom. The molecule has 1 aromatic heterocycles. The molecule has 0 saturated carbocycles. The van der Waals surface area contributed by atoms with E-state index >= 15 is 0 Å². The van der Waals surface area contributed by atoms with Crippen LogP contribution in [-0.2, 0) is 5.41 Å². The average Bonchev–Trinajstić information content (AvgIpc) is 3.37. The molecule has 7 rings (SSSR count). The predicted molar refractivity (Wildman–Crippen MR) is 118 cm³/mol. The van der Waals surface area contributed by atoms with Crippen LogP contribution in [0.4, 0.5) is 0 Å². The maximum Gasteiger partial charge on any atom is 0.135 e. The van der Waals surface area contributed by atoms with Gasteiger partial charge in [0.25, 0.3) is 0 Å². The summed E-state index contributed by atoms with van der Waals surface area (Å²) in [4.78, 5) is 0. The fourth-order valence-electron chi connectivity index (χ4n) is 5.54. The summed E-state index contributed by atoms with van der Waals surface area (Å²) in [6.45, 7) is 0. The lowest BCUT2D eigenvalue weighted by molar-refractivity contribution is 0.507. The SMILES string of the molecule is Clc1cccc2c1-c1c(oc3ccccc13)C21c2ccccc2-c2ccccc21. The Bertz CT molecular complexity index is 1430. The zero-order valence-electron chi connectivity index (χ0n) is 15.4. The molecule has 0 amide bonds. The summed E-state index contributed by atoms with van der Waals surface area (Å²) in [5, 5.41) is 1.89. The van der Waals surface area contributed by atoms with Gasteiger partial charge < -0.3 is 4.42 Å². The molecule has 1 heterocycles. The van der Waals surface area contributed by atoms with Gasteiger partial charge in [-0.3, -0.25) is 0 Å². The van der Waals surface area contributed by atoms with Crippen LogP contribution in [0.3, 0.4) is 0 Å². The summed E-state index contributed by atoms with van der Waals surface area (Å²) in [5.74, 6) is 0.985. The highest BCUT2D eigenvalue weighted by Gasteiger charge is 2.55. The van der Waals surface area contributed by atoms with Gasteiger partial charge in [0, 0.05) is 21.5 Å². The molecule has 2 aliphatic rings. The van der Waals surface area contributed by atoms with Gasteiger partial charge in [0.1, 0.15) is 16.8 Å². The van der Waals surface area contributed by atoms with Gasteiger partial charge >= 0.3 is 0 Å². The second-order valence-electron chi connectivity index (χ2n) is 7.81. The van der Waals surface area contributed by atoms with Crippen molar-refractivity contribution in [3.05, 3.63) is 118 Å². The summed E-state index contributed by atoms with van der Waals surface area (Å²) < 4.78 is 6.64. The Hall–Kier alpha value is -3.29. The minimum atomic E-state index is -0.470. The normalized spacial score (nSPS) is 14.7. The zero-order valence-corrected chi connectivity index (χ0v) is 16.2. The Kier molecular flexibility index (Phi) is 2.80. The first-order chi connectivity index (χ1) is 14.3. The van der Waals surface area contributed by atoms with Crippen LogP contribution in [0.1, 0.15) is 22.5 Å². The van der Waals surface area contributed by atoms with E-state index in [1.54, 1.807) is 0 Å². The van der Waals surface area contributed by atoms with Crippen molar-refractivity contribution in [1.29, 1.82) is 0 Å². The summed E-state index contributed by atoms with van der Waals surface area (Å²) >= 11 is 6.83. The van der Waals surface area contributed by atoms with Crippen molar-refractivity contribution in [3.8, 4) is 22.3 Å². The largest absolute Gasteiger partial charge is 0.459 e. The zero-order chi connectivity index (χ0) is 19.2. The fraction of sp³-hybridized carbons (Fsp3) is 0.0370. The average molecular weight is 391 g/mol. The van der Waals surface area contributed by atoms with E-state index in [1.807, 2.05) is 18.2 Å². The number of halogens is 1. The highest BCUT2D eigenvalue weighted by molar-refractivity contribution is 6.34. The third-order valence-corrected chi connectivity index (χ3v) is 6.87. The standard InChI is InChI=1S/C27H15ClO/c28-22-14-7-13-21-25(22)24-18-10-3-6-15-23(18)29-26(24)27(21)19-11-4-1-8-16(19)17-9-2-5-12-20(17)27/h1-15H. The number of hydrogen-bond acceptors (Lipinski definition) is 1. The van der Waals surface area contributed by atoms with Crippen molar-refractivity contribution >= 4 is 22.6 Å².